The Balaban J connectivity index is 1.88. The van der Waals surface area contributed by atoms with Gasteiger partial charge in [0.1, 0.15) is 0 Å². The van der Waals surface area contributed by atoms with Gasteiger partial charge in [-0.2, -0.15) is 0 Å². The van der Waals surface area contributed by atoms with E-state index < -0.39 is 0 Å². The van der Waals surface area contributed by atoms with Gasteiger partial charge in [-0.05, 0) is 18.4 Å². The summed E-state index contributed by atoms with van der Waals surface area (Å²) in [5, 5.41) is 2.03. The number of hydrazine groups is 1. The molecule has 1 aromatic rings. The maximum Gasteiger partial charge on any atom is 0.0472 e. The van der Waals surface area contributed by atoms with Crippen LogP contribution in [-0.2, 0) is 6.54 Å². The molecule has 1 aromatic carbocycles. The van der Waals surface area contributed by atoms with Crippen LogP contribution in [0.3, 0.4) is 0 Å². The predicted molar refractivity (Wildman–Crippen MR) is 79.6 cm³/mol. The highest BCUT2D eigenvalue weighted by atomic mass is 15.5. The van der Waals surface area contributed by atoms with Crippen LogP contribution in [0.25, 0.3) is 0 Å². The van der Waals surface area contributed by atoms with E-state index in [-0.39, 0.29) is 5.54 Å². The molecule has 4 heteroatoms. The molecule has 0 spiro atoms. The molecule has 19 heavy (non-hydrogen) atoms. The first-order valence-corrected chi connectivity index (χ1v) is 7.05. The van der Waals surface area contributed by atoms with Crippen LogP contribution in [-0.4, -0.2) is 49.2 Å². The first kappa shape index (κ1) is 14.5. The summed E-state index contributed by atoms with van der Waals surface area (Å²) in [5.74, 6) is 0. The third kappa shape index (κ3) is 4.01. The quantitative estimate of drug-likeness (QED) is 0.779. The monoisotopic (exact) mass is 262 g/mol. The van der Waals surface area contributed by atoms with Crippen molar-refractivity contribution in [1.82, 2.24) is 15.3 Å². The van der Waals surface area contributed by atoms with E-state index in [2.05, 4.69) is 40.7 Å². The zero-order chi connectivity index (χ0) is 13.7. The number of rotatable bonds is 5. The molecule has 0 saturated carbocycles. The van der Waals surface area contributed by atoms with Crippen LogP contribution in [0.5, 0.6) is 0 Å². The molecule has 1 fully saturated rings. The Kier molecular flexibility index (Phi) is 4.93. The van der Waals surface area contributed by atoms with Gasteiger partial charge in [-0.1, -0.05) is 30.3 Å². The van der Waals surface area contributed by atoms with E-state index >= 15 is 0 Å². The van der Waals surface area contributed by atoms with Crippen LogP contribution in [0.2, 0.25) is 0 Å². The van der Waals surface area contributed by atoms with Gasteiger partial charge in [-0.15, -0.1) is 0 Å². The Labute approximate surface area is 116 Å². The van der Waals surface area contributed by atoms with E-state index in [1.165, 1.54) is 5.56 Å². The lowest BCUT2D eigenvalue weighted by atomic mass is 9.88. The fourth-order valence-electron chi connectivity index (χ4n) is 2.82. The van der Waals surface area contributed by atoms with Gasteiger partial charge < -0.3 is 5.73 Å². The molecule has 1 heterocycles. The molecule has 3 N–H and O–H groups in total. The van der Waals surface area contributed by atoms with Gasteiger partial charge in [0, 0.05) is 45.8 Å². The highest BCUT2D eigenvalue weighted by Crippen LogP contribution is 2.22. The summed E-state index contributed by atoms with van der Waals surface area (Å²) in [5.41, 5.74) is 11.0. The molecule has 4 nitrogen and oxygen atoms in total. The number of benzene rings is 1. The number of hydrogen-bond acceptors (Lipinski definition) is 4. The Morgan fingerprint density at radius 3 is 2.37 bits per heavy atom. The predicted octanol–water partition coefficient (Wildman–Crippen LogP) is 1.05. The molecular formula is C15H26N4. The maximum absolute atomic E-state index is 5.98. The lowest BCUT2D eigenvalue weighted by molar-refractivity contribution is 0.0773. The summed E-state index contributed by atoms with van der Waals surface area (Å²) in [7, 11) is 4.07. The molecule has 0 bridgehead atoms. The lowest BCUT2D eigenvalue weighted by Gasteiger charge is -2.43. The van der Waals surface area contributed by atoms with Crippen molar-refractivity contribution in [3.8, 4) is 0 Å². The smallest absolute Gasteiger partial charge is 0.0472 e. The van der Waals surface area contributed by atoms with Crippen molar-refractivity contribution in [2.45, 2.75) is 24.9 Å². The molecule has 0 unspecified atom stereocenters. The Morgan fingerprint density at radius 2 is 1.84 bits per heavy atom. The van der Waals surface area contributed by atoms with Crippen LogP contribution >= 0.6 is 0 Å². The fourth-order valence-corrected chi connectivity index (χ4v) is 2.82. The number of nitrogens with one attached hydrogen (secondary N) is 1. The van der Waals surface area contributed by atoms with Crippen LogP contribution in [0.15, 0.2) is 30.3 Å². The van der Waals surface area contributed by atoms with Gasteiger partial charge in [0.05, 0.1) is 0 Å². The first-order chi connectivity index (χ1) is 9.13. The zero-order valence-corrected chi connectivity index (χ0v) is 12.1. The van der Waals surface area contributed by atoms with Crippen molar-refractivity contribution in [2.24, 2.45) is 5.73 Å². The zero-order valence-electron chi connectivity index (χ0n) is 12.1. The number of hydrogen-bond donors (Lipinski definition) is 2. The molecule has 0 aliphatic carbocycles. The largest absolute Gasteiger partial charge is 0.329 e. The molecule has 1 aliphatic rings. The minimum atomic E-state index is 0.0800. The Morgan fingerprint density at radius 1 is 1.21 bits per heavy atom. The molecule has 0 amide bonds. The number of nitrogens with zero attached hydrogens (tertiary/aromatic N) is 2. The van der Waals surface area contributed by atoms with E-state index in [1.54, 1.807) is 0 Å². The van der Waals surface area contributed by atoms with Gasteiger partial charge in [0.2, 0.25) is 0 Å². The van der Waals surface area contributed by atoms with E-state index in [4.69, 9.17) is 5.73 Å². The van der Waals surface area contributed by atoms with Crippen LogP contribution in [0, 0.1) is 0 Å². The van der Waals surface area contributed by atoms with Crippen LogP contribution in [0.1, 0.15) is 18.4 Å². The molecule has 0 atom stereocenters. The summed E-state index contributed by atoms with van der Waals surface area (Å²) in [4.78, 5) is 2.51. The summed E-state index contributed by atoms with van der Waals surface area (Å²) >= 11 is 0. The second-order valence-corrected chi connectivity index (χ2v) is 5.75. The van der Waals surface area contributed by atoms with E-state index in [1.807, 2.05) is 19.1 Å². The minimum absolute atomic E-state index is 0.0800. The standard InChI is InChI=1S/C15H26N4/c1-18(2)17-15(13-16)8-10-19(11-9-15)12-14-6-4-3-5-7-14/h3-7,17H,8-13,16H2,1-2H3. The molecular weight excluding hydrogens is 236 g/mol. The van der Waals surface area contributed by atoms with Crippen molar-refractivity contribution in [3.05, 3.63) is 35.9 Å². The van der Waals surface area contributed by atoms with E-state index in [9.17, 15) is 0 Å². The minimum Gasteiger partial charge on any atom is -0.329 e. The number of piperidine rings is 1. The Hall–Kier alpha value is -0.940. The molecule has 0 radical (unpaired) electrons. The Bertz CT molecular complexity index is 369. The number of likely N-dealkylation sites (tertiary alicyclic amines) is 1. The summed E-state index contributed by atoms with van der Waals surface area (Å²) in [6.07, 6.45) is 2.21. The number of nitrogens with two attached hydrogens (primary N) is 1. The lowest BCUT2D eigenvalue weighted by Crippen LogP contribution is -2.60. The second kappa shape index (κ2) is 6.48. The average molecular weight is 262 g/mol. The van der Waals surface area contributed by atoms with Gasteiger partial charge in [-0.25, -0.2) is 5.43 Å². The van der Waals surface area contributed by atoms with Crippen LogP contribution < -0.4 is 11.2 Å². The first-order valence-electron chi connectivity index (χ1n) is 7.05. The van der Waals surface area contributed by atoms with Crippen molar-refractivity contribution in [1.29, 1.82) is 0 Å². The molecule has 106 valence electrons. The van der Waals surface area contributed by atoms with Crippen molar-refractivity contribution >= 4 is 0 Å². The molecule has 0 aromatic heterocycles. The van der Waals surface area contributed by atoms with Gasteiger partial charge in [0.25, 0.3) is 0 Å². The summed E-state index contributed by atoms with van der Waals surface area (Å²) in [6, 6.07) is 10.7. The second-order valence-electron chi connectivity index (χ2n) is 5.75. The van der Waals surface area contributed by atoms with E-state index in [0.29, 0.717) is 6.54 Å². The third-order valence-corrected chi connectivity index (χ3v) is 3.91. The topological polar surface area (TPSA) is 44.5 Å². The summed E-state index contributed by atoms with van der Waals surface area (Å²) in [6.45, 7) is 3.95. The SMILES string of the molecule is CN(C)NC1(CN)CCN(Cc2ccccc2)CC1. The van der Waals surface area contributed by atoms with Crippen molar-refractivity contribution < 1.29 is 0 Å². The summed E-state index contributed by atoms with van der Waals surface area (Å²) < 4.78 is 0. The highest BCUT2D eigenvalue weighted by Gasteiger charge is 2.33. The fraction of sp³-hybridized carbons (Fsp3) is 0.600. The van der Waals surface area contributed by atoms with Gasteiger partial charge in [0.15, 0.2) is 0 Å². The average Bonchev–Trinajstić information content (AvgIpc) is 2.42. The normalized spacial score (nSPS) is 19.8. The third-order valence-electron chi connectivity index (χ3n) is 3.91. The highest BCUT2D eigenvalue weighted by molar-refractivity contribution is 5.14. The molecule has 1 aliphatic heterocycles. The van der Waals surface area contributed by atoms with Gasteiger partial charge >= 0.3 is 0 Å². The van der Waals surface area contributed by atoms with Crippen molar-refractivity contribution in [3.63, 3.8) is 0 Å². The van der Waals surface area contributed by atoms with E-state index in [0.717, 1.165) is 32.5 Å². The van der Waals surface area contributed by atoms with Crippen molar-refractivity contribution in [2.75, 3.05) is 33.7 Å². The molecule has 1 saturated heterocycles. The molecule has 2 rings (SSSR count). The van der Waals surface area contributed by atoms with Gasteiger partial charge in [-0.3, -0.25) is 9.91 Å². The van der Waals surface area contributed by atoms with Crippen LogP contribution in [0.4, 0.5) is 0 Å². The maximum atomic E-state index is 5.98.